The summed E-state index contributed by atoms with van der Waals surface area (Å²) in [5.41, 5.74) is 1.83. The molecule has 0 aliphatic rings. The fourth-order valence-corrected chi connectivity index (χ4v) is 3.09. The summed E-state index contributed by atoms with van der Waals surface area (Å²) in [6.45, 7) is 0. The van der Waals surface area contributed by atoms with E-state index in [1.807, 2.05) is 0 Å². The molecule has 225 valence electrons. The molecule has 12 nitrogen and oxygen atoms in total. The predicted molar refractivity (Wildman–Crippen MR) is 160 cm³/mol. The van der Waals surface area contributed by atoms with Crippen LogP contribution in [-0.2, 0) is 28.0 Å². The minimum absolute atomic E-state index is 0. The summed E-state index contributed by atoms with van der Waals surface area (Å²) in [6, 6.07) is 26.7. The third kappa shape index (κ3) is 12.1. The van der Waals surface area contributed by atoms with Gasteiger partial charge in [-0.1, -0.05) is 36.4 Å². The molecule has 13 heteroatoms. The molecule has 0 heterocycles. The van der Waals surface area contributed by atoms with Crippen molar-refractivity contribution in [3.63, 3.8) is 0 Å². The number of phenolic OH excluding ortho intramolecular Hbond substituents is 2. The summed E-state index contributed by atoms with van der Waals surface area (Å²) < 4.78 is 10.1. The van der Waals surface area contributed by atoms with E-state index in [1.54, 1.807) is 87.0 Å². The van der Waals surface area contributed by atoms with Gasteiger partial charge in [0.05, 0.1) is 26.6 Å². The minimum atomic E-state index is -0.590. The van der Waals surface area contributed by atoms with Gasteiger partial charge in [0.15, 0.2) is 0 Å². The number of hydrogen-bond donors (Lipinski definition) is 2. The molecule has 4 aromatic carbocycles. The number of benzene rings is 4. The van der Waals surface area contributed by atoms with Gasteiger partial charge in [0.25, 0.3) is 0 Å². The van der Waals surface area contributed by atoms with Gasteiger partial charge in [-0.2, -0.15) is 20.4 Å². The van der Waals surface area contributed by atoms with Gasteiger partial charge in [-0.25, -0.2) is 0 Å². The van der Waals surface area contributed by atoms with Crippen molar-refractivity contribution in [2.24, 2.45) is 20.4 Å². The number of rotatable bonds is 8. The third-order valence-electron chi connectivity index (χ3n) is 5.21. The van der Waals surface area contributed by atoms with Crippen LogP contribution in [0.3, 0.4) is 0 Å². The number of methoxy groups -OCH3 is 2. The Bertz CT molecular complexity index is 1390. The van der Waals surface area contributed by atoms with Crippen LogP contribution < -0.4 is 19.7 Å². The Kier molecular flexibility index (Phi) is 17.4. The SMILES string of the molecule is COc1ccc(/C=N\N=C(/[O-])c2ccccc2O)cc1.COc1ccc(/C=N\N=C(/[O-])c2ccccc2O)cc1.[Mn+2].[OH3+].[OH3+]. The Morgan fingerprint density at radius 1 is 0.581 bits per heavy atom. The average Bonchev–Trinajstić information content (AvgIpc) is 2.98. The first kappa shape index (κ1) is 37.8. The molecule has 4 aromatic rings. The standard InChI is InChI=1S/2C15H14N2O3.Mn.2H2O/c2*1-20-12-8-6-11(7-9-12)10-16-17-15(19)13-4-2-3-5-14(13)18;;;/h2*2-10,18H,1H3,(H,17,19);;2*1H2/q;;+2;;/b2*16-10-;;;. The maximum absolute atomic E-state index is 11.7. The van der Waals surface area contributed by atoms with E-state index in [1.165, 1.54) is 36.7 Å². The van der Waals surface area contributed by atoms with Gasteiger partial charge in [0.1, 0.15) is 23.0 Å². The van der Waals surface area contributed by atoms with Gasteiger partial charge in [-0.15, -0.1) is 0 Å². The molecule has 0 aromatic heterocycles. The van der Waals surface area contributed by atoms with E-state index in [0.29, 0.717) is 0 Å². The van der Waals surface area contributed by atoms with Crippen molar-refractivity contribution in [1.29, 1.82) is 0 Å². The molecule has 0 aliphatic heterocycles. The second-order valence-electron chi connectivity index (χ2n) is 7.88. The molecule has 0 bridgehead atoms. The Labute approximate surface area is 258 Å². The molecule has 0 saturated heterocycles. The van der Waals surface area contributed by atoms with Crippen molar-refractivity contribution in [2.45, 2.75) is 0 Å². The molecule has 43 heavy (non-hydrogen) atoms. The normalized spacial score (nSPS) is 10.9. The zero-order valence-electron chi connectivity index (χ0n) is 23.2. The predicted octanol–water partition coefficient (Wildman–Crippen LogP) is 1.24. The fourth-order valence-electron chi connectivity index (χ4n) is 3.09. The molecular formula is C30H32MnN4O8+2. The molecule has 0 spiro atoms. The van der Waals surface area contributed by atoms with Crippen LogP contribution in [0.2, 0.25) is 0 Å². The quantitative estimate of drug-likeness (QED) is 0.0957. The second kappa shape index (κ2) is 19.8. The van der Waals surface area contributed by atoms with Crippen molar-refractivity contribution < 1.29 is 57.9 Å². The first-order chi connectivity index (χ1) is 19.4. The molecule has 0 unspecified atom stereocenters. The van der Waals surface area contributed by atoms with Crippen molar-refractivity contribution in [3.8, 4) is 23.0 Å². The zero-order chi connectivity index (χ0) is 28.7. The molecule has 4 rings (SSSR count). The van der Waals surface area contributed by atoms with Crippen LogP contribution >= 0.6 is 0 Å². The molecule has 0 aliphatic carbocycles. The molecule has 0 fully saturated rings. The first-order valence-electron chi connectivity index (χ1n) is 11.8. The first-order valence-corrected chi connectivity index (χ1v) is 11.8. The van der Waals surface area contributed by atoms with Crippen LogP contribution in [0.5, 0.6) is 23.0 Å². The van der Waals surface area contributed by atoms with Gasteiger partial charge < -0.3 is 40.9 Å². The Balaban J connectivity index is 0.000000767. The van der Waals surface area contributed by atoms with Gasteiger partial charge in [-0.05, 0) is 71.8 Å². The van der Waals surface area contributed by atoms with E-state index in [-0.39, 0.29) is 50.6 Å². The van der Waals surface area contributed by atoms with Crippen LogP contribution in [0, 0.1) is 0 Å². The van der Waals surface area contributed by atoms with E-state index in [2.05, 4.69) is 20.4 Å². The van der Waals surface area contributed by atoms with Crippen molar-refractivity contribution >= 4 is 24.2 Å². The maximum atomic E-state index is 11.7. The van der Waals surface area contributed by atoms with Gasteiger partial charge >= 0.3 is 17.1 Å². The summed E-state index contributed by atoms with van der Waals surface area (Å²) in [6.07, 6.45) is 2.91. The van der Waals surface area contributed by atoms with Crippen LogP contribution in [0.4, 0.5) is 0 Å². The van der Waals surface area contributed by atoms with Crippen LogP contribution in [0.15, 0.2) is 117 Å². The molecule has 0 atom stereocenters. The Morgan fingerprint density at radius 3 is 1.21 bits per heavy atom. The molecule has 1 radical (unpaired) electrons. The third-order valence-corrected chi connectivity index (χ3v) is 5.21. The zero-order valence-corrected chi connectivity index (χ0v) is 24.4. The van der Waals surface area contributed by atoms with Crippen molar-refractivity contribution in [2.75, 3.05) is 14.2 Å². The Morgan fingerprint density at radius 2 is 0.907 bits per heavy atom. The fraction of sp³-hybridized carbons (Fsp3) is 0.0667. The maximum Gasteiger partial charge on any atom is 2.00 e. The second-order valence-corrected chi connectivity index (χ2v) is 7.88. The largest absolute Gasteiger partial charge is 2.00 e. The van der Waals surface area contributed by atoms with E-state index in [0.717, 1.165) is 22.6 Å². The monoisotopic (exact) mass is 631 g/mol. The Hall–Kier alpha value is -5.20. The van der Waals surface area contributed by atoms with Crippen LogP contribution in [0.1, 0.15) is 22.3 Å². The number of para-hydroxylation sites is 2. The smallest absolute Gasteiger partial charge is 0.857 e. The molecule has 0 saturated carbocycles. The van der Waals surface area contributed by atoms with E-state index in [9.17, 15) is 20.4 Å². The molecule has 0 amide bonds. The molecular weight excluding hydrogens is 599 g/mol. The topological polar surface area (TPSA) is 220 Å². The summed E-state index contributed by atoms with van der Waals surface area (Å²) in [5, 5.41) is 56.9. The van der Waals surface area contributed by atoms with E-state index in [4.69, 9.17) is 9.47 Å². The molecule has 8 N–H and O–H groups in total. The summed E-state index contributed by atoms with van der Waals surface area (Å²) in [5.74, 6) is 0.0799. The summed E-state index contributed by atoms with van der Waals surface area (Å²) in [7, 11) is 3.17. The number of phenols is 2. The van der Waals surface area contributed by atoms with E-state index < -0.39 is 11.8 Å². The van der Waals surface area contributed by atoms with Gasteiger partial charge in [-0.3, -0.25) is 0 Å². The number of ether oxygens (including phenoxy) is 2. The van der Waals surface area contributed by atoms with Crippen LogP contribution in [-0.4, -0.2) is 48.7 Å². The minimum Gasteiger partial charge on any atom is -0.857 e. The van der Waals surface area contributed by atoms with Crippen molar-refractivity contribution in [1.82, 2.24) is 0 Å². The number of nitrogens with zero attached hydrogens (tertiary/aromatic N) is 4. The van der Waals surface area contributed by atoms with E-state index >= 15 is 0 Å². The summed E-state index contributed by atoms with van der Waals surface area (Å²) in [4.78, 5) is 0. The number of hydrogen-bond acceptors (Lipinski definition) is 10. The van der Waals surface area contributed by atoms with Gasteiger partial charge in [0.2, 0.25) is 0 Å². The average molecular weight is 632 g/mol. The van der Waals surface area contributed by atoms with Crippen LogP contribution in [0.25, 0.3) is 0 Å². The van der Waals surface area contributed by atoms with Crippen molar-refractivity contribution in [3.05, 3.63) is 119 Å². The number of aromatic hydroxyl groups is 2. The van der Waals surface area contributed by atoms with Gasteiger partial charge in [0, 0.05) is 22.9 Å². The summed E-state index contributed by atoms with van der Waals surface area (Å²) >= 11 is 0.